The summed E-state index contributed by atoms with van der Waals surface area (Å²) in [5.41, 5.74) is 11.8. The van der Waals surface area contributed by atoms with Gasteiger partial charge in [-0.3, -0.25) is 0 Å². The monoisotopic (exact) mass is 893 g/mol. The molecule has 9 aromatic rings. The van der Waals surface area contributed by atoms with Gasteiger partial charge < -0.3 is 0 Å². The van der Waals surface area contributed by atoms with Crippen molar-refractivity contribution in [2.45, 2.75) is 44.9 Å². The van der Waals surface area contributed by atoms with E-state index in [1.165, 1.54) is 39.0 Å². The van der Waals surface area contributed by atoms with Gasteiger partial charge in [-0.1, -0.05) is 56.3 Å². The first-order valence-corrected chi connectivity index (χ1v) is 20.0. The molecular weight excluding hydrogens is 856 g/mol. The summed E-state index contributed by atoms with van der Waals surface area (Å²) >= 11 is 2.47. The fourth-order valence-electron chi connectivity index (χ4n) is 8.15. The molecule has 0 saturated heterocycles. The van der Waals surface area contributed by atoms with Crippen LogP contribution in [0, 0.1) is 15.9 Å². The molecule has 0 radical (unpaired) electrons. The summed E-state index contributed by atoms with van der Waals surface area (Å²) in [7, 11) is 0. The molecule has 2 aliphatic heterocycles. The van der Waals surface area contributed by atoms with E-state index in [0.29, 0.717) is 11.5 Å². The number of benzene rings is 5. The van der Waals surface area contributed by atoms with E-state index in [1.54, 1.807) is 0 Å². The third kappa shape index (κ3) is 5.98. The first-order chi connectivity index (χ1) is 26.9. The first kappa shape index (κ1) is 33.8. The number of pyridine rings is 2. The van der Waals surface area contributed by atoms with E-state index in [4.69, 9.17) is 9.72 Å². The second kappa shape index (κ2) is 13.5. The standard InChI is InChI=1S/C49H38N4O.Pt/c1-49(2,37-9-4-3-5-10-37)38-27-28-50-48(29-38)53-45-14-7-6-13-43(45)44-26-25-42(31-46(44)53)54-41-12-8-11-40(30-41)51-32-47-36-21-19-34-15-17-35(18-16-34)20-23-39(24-22-36)52(47)33-51;/h3-18,22,24-29,32H,19-21,23H2,1-2H3;/q-2;. The fourth-order valence-corrected chi connectivity index (χ4v) is 9.17. The number of hydrogen-bond donors (Lipinski definition) is 0. The van der Waals surface area contributed by atoms with Gasteiger partial charge in [-0.15, -0.1) is 0 Å². The second-order valence-electron chi connectivity index (χ2n) is 15.0. The van der Waals surface area contributed by atoms with E-state index in [1.807, 2.05) is 24.4 Å². The minimum atomic E-state index is -0.206. The molecular formula is C49H38N4OPt-2. The van der Waals surface area contributed by atoms with Gasteiger partial charge in [-0.25, -0.2) is 0 Å². The van der Waals surface area contributed by atoms with Crippen LogP contribution in [0.4, 0.5) is 0 Å². The quantitative estimate of drug-likeness (QED) is 0.156. The summed E-state index contributed by atoms with van der Waals surface area (Å²) in [5, 5.41) is 2.24. The van der Waals surface area contributed by atoms with Crippen LogP contribution < -0.4 is 4.74 Å². The van der Waals surface area contributed by atoms with Crippen molar-refractivity contribution < 1.29 is 24.1 Å². The van der Waals surface area contributed by atoms with Crippen molar-refractivity contribution in [1.82, 2.24) is 18.5 Å². The number of ether oxygens (including phenoxy) is 1. The van der Waals surface area contributed by atoms with E-state index >= 15 is 0 Å². The van der Waals surface area contributed by atoms with Gasteiger partial charge in [0.05, 0.1) is 0 Å². The Kier molecular flexibility index (Phi) is 8.30. The van der Waals surface area contributed by atoms with Gasteiger partial charge >= 0.3 is 248 Å². The molecule has 5 aromatic carbocycles. The Labute approximate surface area is 331 Å². The number of imidazole rings is 1. The van der Waals surface area contributed by atoms with Crippen LogP contribution in [0.1, 0.15) is 47.4 Å². The number of fused-ring (bicyclic) bond motifs is 3. The molecule has 13 rings (SSSR count). The summed E-state index contributed by atoms with van der Waals surface area (Å²) in [6.07, 6.45) is 8.15. The van der Waals surface area contributed by atoms with Crippen LogP contribution in [0.2, 0.25) is 0 Å². The molecule has 2 aliphatic carbocycles. The molecule has 0 atom stereocenters. The van der Waals surface area contributed by atoms with Crippen molar-refractivity contribution in [1.29, 1.82) is 0 Å². The van der Waals surface area contributed by atoms with Crippen molar-refractivity contribution in [3.63, 3.8) is 0 Å². The predicted molar refractivity (Wildman–Crippen MR) is 216 cm³/mol. The molecule has 5 nitrogen and oxygen atoms in total. The second-order valence-corrected chi connectivity index (χ2v) is 16.0. The number of aromatic nitrogens is 4. The molecule has 6 heterocycles. The maximum atomic E-state index is 6.59. The SMILES string of the molecule is CC(C)(c1ccccc1)c1ccnc(-n2c3[c-]c(Oc4[c-]c(-n5cc6c7ccc(n6[c]5=[Pt])CCc5ccc(cc5)CC7)ccc4)ccc3c3ccccc32)c1. The van der Waals surface area contributed by atoms with E-state index in [2.05, 4.69) is 180 Å². The van der Waals surface area contributed by atoms with Crippen molar-refractivity contribution in [3.8, 4) is 23.0 Å². The molecule has 0 saturated carbocycles. The normalized spacial score (nSPS) is 13.1. The van der Waals surface area contributed by atoms with Gasteiger partial charge in [0, 0.05) is 11.6 Å². The van der Waals surface area contributed by atoms with Crippen LogP contribution in [0.15, 0.2) is 146 Å². The van der Waals surface area contributed by atoms with Crippen LogP contribution in [0.3, 0.4) is 0 Å². The van der Waals surface area contributed by atoms with Gasteiger partial charge in [0.1, 0.15) is 0 Å². The van der Waals surface area contributed by atoms with E-state index in [9.17, 15) is 0 Å². The Morgan fingerprint density at radius 3 is 2.25 bits per heavy atom. The minimum absolute atomic E-state index is 0.206. The van der Waals surface area contributed by atoms with Crippen molar-refractivity contribution in [3.05, 3.63) is 195 Å². The van der Waals surface area contributed by atoms with Crippen LogP contribution in [-0.4, -0.2) is 18.5 Å². The van der Waals surface area contributed by atoms with Gasteiger partial charge in [0.15, 0.2) is 0 Å². The maximum absolute atomic E-state index is 6.59. The van der Waals surface area contributed by atoms with Gasteiger partial charge in [0.2, 0.25) is 0 Å². The molecule has 0 spiro atoms. The summed E-state index contributed by atoms with van der Waals surface area (Å²) in [4.78, 5) is 4.91. The molecule has 55 heavy (non-hydrogen) atoms. The molecule has 6 heteroatoms. The van der Waals surface area contributed by atoms with Crippen LogP contribution in [0.25, 0.3) is 38.8 Å². The average Bonchev–Trinajstić information content (AvgIpc) is 3.74. The zero-order chi connectivity index (χ0) is 37.1. The van der Waals surface area contributed by atoms with Gasteiger partial charge in [0.25, 0.3) is 0 Å². The Morgan fingerprint density at radius 1 is 0.655 bits per heavy atom. The summed E-state index contributed by atoms with van der Waals surface area (Å²) in [6.45, 7) is 4.53. The Hall–Kier alpha value is -5.77. The number of rotatable bonds is 6. The molecule has 0 fully saturated rings. The van der Waals surface area contributed by atoms with E-state index in [-0.39, 0.29) is 5.41 Å². The van der Waals surface area contributed by atoms with Crippen LogP contribution in [-0.2, 0) is 50.5 Å². The zero-order valence-corrected chi connectivity index (χ0v) is 33.0. The van der Waals surface area contributed by atoms with Crippen LogP contribution in [0.5, 0.6) is 11.5 Å². The predicted octanol–water partition coefficient (Wildman–Crippen LogP) is 10.9. The molecule has 0 amide bonds. The molecule has 4 aromatic heterocycles. The fraction of sp³-hybridized carbons (Fsp3) is 0.143. The molecule has 4 aliphatic rings. The number of aryl methyl sites for hydroxylation is 4. The topological polar surface area (TPSA) is 36.4 Å². The Bertz CT molecular complexity index is 2950. The molecule has 4 bridgehead atoms. The van der Waals surface area contributed by atoms with E-state index < -0.39 is 0 Å². The summed E-state index contributed by atoms with van der Waals surface area (Å²) < 4.78 is 14.6. The van der Waals surface area contributed by atoms with Crippen LogP contribution >= 0.6 is 0 Å². The number of para-hydroxylation sites is 1. The third-order valence-electron chi connectivity index (χ3n) is 11.3. The molecule has 272 valence electrons. The average molecular weight is 894 g/mol. The zero-order valence-electron chi connectivity index (χ0n) is 30.7. The third-order valence-corrected chi connectivity index (χ3v) is 12.4. The van der Waals surface area contributed by atoms with Gasteiger partial charge in [-0.05, 0) is 17.2 Å². The molecule has 0 unspecified atom stereocenters. The van der Waals surface area contributed by atoms with Crippen molar-refractivity contribution >= 4 is 27.3 Å². The number of nitrogens with zero attached hydrogens (tertiary/aromatic N) is 4. The first-order valence-electron chi connectivity index (χ1n) is 18.9. The number of hydrogen-bond acceptors (Lipinski definition) is 2. The van der Waals surface area contributed by atoms with Crippen molar-refractivity contribution in [2.75, 3.05) is 0 Å². The van der Waals surface area contributed by atoms with E-state index in [0.717, 1.165) is 62.8 Å². The Balaban J connectivity index is 1.02. The molecule has 0 N–H and O–H groups in total. The van der Waals surface area contributed by atoms with Crippen molar-refractivity contribution in [2.24, 2.45) is 0 Å². The van der Waals surface area contributed by atoms with Gasteiger partial charge in [-0.2, -0.15) is 0 Å². The Morgan fingerprint density at radius 2 is 1.42 bits per heavy atom. The summed E-state index contributed by atoms with van der Waals surface area (Å²) in [5.74, 6) is 2.10. The summed E-state index contributed by atoms with van der Waals surface area (Å²) in [6, 6.07) is 54.7.